The highest BCUT2D eigenvalue weighted by Gasteiger charge is 2.04. The van der Waals surface area contributed by atoms with E-state index in [9.17, 15) is 0 Å². The van der Waals surface area contributed by atoms with Crippen LogP contribution in [0.25, 0.3) is 0 Å². The lowest BCUT2D eigenvalue weighted by Gasteiger charge is -2.11. The van der Waals surface area contributed by atoms with Gasteiger partial charge in [0.1, 0.15) is 0 Å². The van der Waals surface area contributed by atoms with Crippen molar-refractivity contribution in [2.75, 3.05) is 13.7 Å². The fraction of sp³-hybridized carbons (Fsp3) is 0.500. The van der Waals surface area contributed by atoms with Gasteiger partial charge in [-0.25, -0.2) is 0 Å². The molecule has 0 heterocycles. The summed E-state index contributed by atoms with van der Waals surface area (Å²) in [6, 6.07) is 5.42. The summed E-state index contributed by atoms with van der Waals surface area (Å²) < 4.78 is 10.9. The minimum absolute atomic E-state index is 0.677. The number of nitrogens with zero attached hydrogens (tertiary/aromatic N) is 1. The Morgan fingerprint density at radius 2 is 2.06 bits per heavy atom. The zero-order chi connectivity index (χ0) is 13.2. The van der Waals surface area contributed by atoms with Crippen LogP contribution in [0.2, 0.25) is 0 Å². The van der Waals surface area contributed by atoms with E-state index in [1.807, 2.05) is 6.07 Å². The monoisotopic (exact) mass is 251 g/mol. The van der Waals surface area contributed by atoms with Crippen LogP contribution in [0.15, 0.2) is 23.4 Å². The van der Waals surface area contributed by atoms with Crippen LogP contribution in [0.1, 0.15) is 38.2 Å². The molecule has 0 bridgehead atoms. The molecule has 0 fully saturated rings. The second kappa shape index (κ2) is 8.39. The maximum absolute atomic E-state index is 8.51. The topological polar surface area (TPSA) is 51.0 Å². The maximum Gasteiger partial charge on any atom is 0.161 e. The molecule has 0 amide bonds. The van der Waals surface area contributed by atoms with E-state index in [2.05, 4.69) is 12.1 Å². The van der Waals surface area contributed by atoms with Crippen molar-refractivity contribution in [3.05, 3.63) is 23.8 Å². The fourth-order valence-electron chi connectivity index (χ4n) is 1.66. The molecule has 1 N–H and O–H groups in total. The minimum Gasteiger partial charge on any atom is -0.493 e. The number of ether oxygens (including phenoxy) is 2. The van der Waals surface area contributed by atoms with Gasteiger partial charge in [0, 0.05) is 5.56 Å². The number of methoxy groups -OCH3 is 1. The maximum atomic E-state index is 8.51. The second-order valence-corrected chi connectivity index (χ2v) is 4.06. The molecular formula is C14H21NO3. The van der Waals surface area contributed by atoms with E-state index in [0.717, 1.165) is 12.0 Å². The molecule has 0 radical (unpaired) electrons. The number of hydrogen-bond donors (Lipinski definition) is 1. The Labute approximate surface area is 108 Å². The Balaban J connectivity index is 2.58. The summed E-state index contributed by atoms with van der Waals surface area (Å²) in [7, 11) is 1.61. The highest BCUT2D eigenvalue weighted by atomic mass is 16.5. The van der Waals surface area contributed by atoms with Crippen molar-refractivity contribution in [2.24, 2.45) is 5.16 Å². The third-order valence-corrected chi connectivity index (χ3v) is 2.65. The highest BCUT2D eigenvalue weighted by molar-refractivity contribution is 5.80. The molecule has 4 heteroatoms. The Bertz CT molecular complexity index is 377. The average Bonchev–Trinajstić information content (AvgIpc) is 2.39. The zero-order valence-electron chi connectivity index (χ0n) is 11.1. The summed E-state index contributed by atoms with van der Waals surface area (Å²) >= 11 is 0. The molecule has 0 aliphatic heterocycles. The predicted molar refractivity (Wildman–Crippen MR) is 72.0 cm³/mol. The van der Waals surface area contributed by atoms with Gasteiger partial charge in [-0.3, -0.25) is 0 Å². The van der Waals surface area contributed by atoms with Gasteiger partial charge in [0.25, 0.3) is 0 Å². The first-order valence-corrected chi connectivity index (χ1v) is 6.30. The van der Waals surface area contributed by atoms with Gasteiger partial charge in [0.05, 0.1) is 19.9 Å². The second-order valence-electron chi connectivity index (χ2n) is 4.06. The smallest absolute Gasteiger partial charge is 0.161 e. The molecule has 0 spiro atoms. The van der Waals surface area contributed by atoms with Crippen molar-refractivity contribution in [1.29, 1.82) is 0 Å². The molecule has 18 heavy (non-hydrogen) atoms. The largest absolute Gasteiger partial charge is 0.493 e. The number of hydrogen-bond acceptors (Lipinski definition) is 4. The van der Waals surface area contributed by atoms with Crippen LogP contribution in [0.4, 0.5) is 0 Å². The SMILES string of the molecule is CCCCCCOc1cc(/C=N/O)ccc1OC. The third-order valence-electron chi connectivity index (χ3n) is 2.65. The van der Waals surface area contributed by atoms with Gasteiger partial charge < -0.3 is 14.7 Å². The van der Waals surface area contributed by atoms with Gasteiger partial charge >= 0.3 is 0 Å². The summed E-state index contributed by atoms with van der Waals surface area (Å²) in [4.78, 5) is 0. The lowest BCUT2D eigenvalue weighted by Crippen LogP contribution is -2.00. The predicted octanol–water partition coefficient (Wildman–Crippen LogP) is 3.46. The van der Waals surface area contributed by atoms with Crippen molar-refractivity contribution in [3.63, 3.8) is 0 Å². The van der Waals surface area contributed by atoms with E-state index in [0.29, 0.717) is 18.1 Å². The number of rotatable bonds is 8. The van der Waals surface area contributed by atoms with Crippen LogP contribution < -0.4 is 9.47 Å². The average molecular weight is 251 g/mol. The number of unbranched alkanes of at least 4 members (excludes halogenated alkanes) is 3. The molecule has 0 atom stereocenters. The number of benzene rings is 1. The van der Waals surface area contributed by atoms with Crippen molar-refractivity contribution in [2.45, 2.75) is 32.6 Å². The molecule has 4 nitrogen and oxygen atoms in total. The van der Waals surface area contributed by atoms with E-state index in [1.54, 1.807) is 19.2 Å². The van der Waals surface area contributed by atoms with Gasteiger partial charge in [-0.15, -0.1) is 0 Å². The Hall–Kier alpha value is -1.71. The van der Waals surface area contributed by atoms with Gasteiger partial charge in [-0.05, 0) is 24.6 Å². The lowest BCUT2D eigenvalue weighted by atomic mass is 10.2. The summed E-state index contributed by atoms with van der Waals surface area (Å²) in [5, 5.41) is 11.5. The van der Waals surface area contributed by atoms with Gasteiger partial charge in [-0.2, -0.15) is 0 Å². The molecule has 100 valence electrons. The quantitative estimate of drug-likeness (QED) is 0.333. The molecule has 1 rings (SSSR count). The number of oxime groups is 1. The Morgan fingerprint density at radius 1 is 1.22 bits per heavy atom. The van der Waals surface area contributed by atoms with E-state index in [1.165, 1.54) is 25.5 Å². The summed E-state index contributed by atoms with van der Waals surface area (Å²) in [6.45, 7) is 2.86. The zero-order valence-corrected chi connectivity index (χ0v) is 11.1. The van der Waals surface area contributed by atoms with Crippen LogP contribution >= 0.6 is 0 Å². The van der Waals surface area contributed by atoms with Crippen LogP contribution in [0, 0.1) is 0 Å². The fourth-order valence-corrected chi connectivity index (χ4v) is 1.66. The normalized spacial score (nSPS) is 10.8. The molecule has 1 aromatic rings. The van der Waals surface area contributed by atoms with Gasteiger partial charge in [0.15, 0.2) is 11.5 Å². The van der Waals surface area contributed by atoms with Crippen LogP contribution in [0.3, 0.4) is 0 Å². The van der Waals surface area contributed by atoms with Crippen molar-refractivity contribution in [3.8, 4) is 11.5 Å². The first-order chi connectivity index (χ1) is 8.81. The van der Waals surface area contributed by atoms with E-state index in [4.69, 9.17) is 14.7 Å². The molecule has 0 aliphatic rings. The molecular weight excluding hydrogens is 230 g/mol. The van der Waals surface area contributed by atoms with E-state index >= 15 is 0 Å². The summed E-state index contributed by atoms with van der Waals surface area (Å²) in [6.07, 6.45) is 6.03. The van der Waals surface area contributed by atoms with Gasteiger partial charge in [-0.1, -0.05) is 31.3 Å². The molecule has 0 saturated heterocycles. The standard InChI is InChI=1S/C14H21NO3/c1-3-4-5-6-9-18-14-10-12(11-15-16)7-8-13(14)17-2/h7-8,10-11,16H,3-6,9H2,1-2H3/b15-11+. The van der Waals surface area contributed by atoms with Crippen molar-refractivity contribution in [1.82, 2.24) is 0 Å². The molecule has 0 saturated carbocycles. The lowest BCUT2D eigenvalue weighted by molar-refractivity contribution is 0.285. The minimum atomic E-state index is 0.677. The first-order valence-electron chi connectivity index (χ1n) is 6.30. The van der Waals surface area contributed by atoms with Gasteiger partial charge in [0.2, 0.25) is 0 Å². The Morgan fingerprint density at radius 3 is 2.72 bits per heavy atom. The summed E-state index contributed by atoms with van der Waals surface area (Å²) in [5.74, 6) is 1.38. The van der Waals surface area contributed by atoms with Crippen molar-refractivity contribution >= 4 is 6.21 Å². The van der Waals surface area contributed by atoms with E-state index in [-0.39, 0.29) is 0 Å². The molecule has 0 aromatic heterocycles. The summed E-state index contributed by atoms with van der Waals surface area (Å²) in [5.41, 5.74) is 0.779. The van der Waals surface area contributed by atoms with E-state index < -0.39 is 0 Å². The molecule has 0 unspecified atom stereocenters. The molecule has 0 aliphatic carbocycles. The third kappa shape index (κ3) is 4.65. The van der Waals surface area contributed by atoms with Crippen LogP contribution in [-0.2, 0) is 0 Å². The van der Waals surface area contributed by atoms with Crippen molar-refractivity contribution < 1.29 is 14.7 Å². The highest BCUT2D eigenvalue weighted by Crippen LogP contribution is 2.27. The van der Waals surface area contributed by atoms with Crippen LogP contribution in [-0.4, -0.2) is 25.1 Å². The van der Waals surface area contributed by atoms with Crippen LogP contribution in [0.5, 0.6) is 11.5 Å². The molecule has 1 aromatic carbocycles. The first kappa shape index (κ1) is 14.4. The Kier molecular flexibility index (Phi) is 6.69.